The zero-order valence-corrected chi connectivity index (χ0v) is 19.6. The third-order valence-corrected chi connectivity index (χ3v) is 8.17. The van der Waals surface area contributed by atoms with Crippen molar-refractivity contribution in [2.45, 2.75) is 68.2 Å². The maximum atomic E-state index is 13.3. The maximum absolute atomic E-state index is 13.3. The van der Waals surface area contributed by atoms with Gasteiger partial charge in [0.15, 0.2) is 9.84 Å². The molecule has 2 atom stereocenters. The number of amides is 1. The van der Waals surface area contributed by atoms with Gasteiger partial charge in [-0.1, -0.05) is 11.6 Å². The van der Waals surface area contributed by atoms with E-state index in [9.17, 15) is 23.1 Å². The Morgan fingerprint density at radius 3 is 2.35 bits per heavy atom. The number of carboxylic acid groups (broad SMARTS) is 1. The number of carbonyl (C=O) groups excluding carboxylic acids is 1. The Morgan fingerprint density at radius 2 is 1.81 bits per heavy atom. The number of sulfone groups is 1. The minimum Gasteiger partial charge on any atom is -0.480 e. The molecule has 2 saturated heterocycles. The van der Waals surface area contributed by atoms with Gasteiger partial charge in [-0.3, -0.25) is 4.90 Å². The van der Waals surface area contributed by atoms with E-state index in [1.807, 2.05) is 0 Å². The van der Waals surface area contributed by atoms with Crippen LogP contribution in [0.5, 0.6) is 0 Å². The van der Waals surface area contributed by atoms with Crippen LogP contribution in [0.25, 0.3) is 0 Å². The lowest BCUT2D eigenvalue weighted by Gasteiger charge is -2.29. The van der Waals surface area contributed by atoms with Crippen LogP contribution in [0.3, 0.4) is 0 Å². The smallest absolute Gasteiger partial charge is 0.411 e. The van der Waals surface area contributed by atoms with Gasteiger partial charge < -0.3 is 14.7 Å². The number of nitrogens with zero attached hydrogens (tertiary/aromatic N) is 2. The molecule has 3 rings (SSSR count). The van der Waals surface area contributed by atoms with Crippen LogP contribution in [-0.2, 0) is 19.4 Å². The Labute approximate surface area is 188 Å². The monoisotopic (exact) mass is 472 g/mol. The van der Waals surface area contributed by atoms with Gasteiger partial charge in [0.1, 0.15) is 11.6 Å². The van der Waals surface area contributed by atoms with Gasteiger partial charge in [0.25, 0.3) is 0 Å². The molecule has 0 bridgehead atoms. The lowest BCUT2D eigenvalue weighted by molar-refractivity contribution is -0.142. The van der Waals surface area contributed by atoms with Crippen LogP contribution in [0.2, 0.25) is 5.02 Å². The highest BCUT2D eigenvalue weighted by atomic mass is 35.5. The molecular formula is C21H29ClN2O6S. The summed E-state index contributed by atoms with van der Waals surface area (Å²) in [6, 6.07) is 3.59. The number of carboxylic acids is 1. The third-order valence-electron chi connectivity index (χ3n) is 5.56. The van der Waals surface area contributed by atoms with E-state index in [1.165, 1.54) is 12.5 Å². The van der Waals surface area contributed by atoms with Crippen molar-refractivity contribution in [2.24, 2.45) is 0 Å². The van der Waals surface area contributed by atoms with E-state index in [2.05, 4.69) is 4.90 Å². The number of anilines is 1. The number of benzene rings is 1. The molecule has 1 aromatic rings. The van der Waals surface area contributed by atoms with E-state index < -0.39 is 38.8 Å². The average molecular weight is 473 g/mol. The van der Waals surface area contributed by atoms with E-state index in [0.717, 1.165) is 36.5 Å². The number of aliphatic carboxylic acids is 1. The molecule has 0 aliphatic carbocycles. The largest absolute Gasteiger partial charge is 0.480 e. The molecular weight excluding hydrogens is 444 g/mol. The molecule has 2 fully saturated rings. The highest BCUT2D eigenvalue weighted by molar-refractivity contribution is 7.92. The van der Waals surface area contributed by atoms with Crippen molar-refractivity contribution in [3.8, 4) is 0 Å². The summed E-state index contributed by atoms with van der Waals surface area (Å²) in [4.78, 5) is 27.3. The minimum absolute atomic E-state index is 0.0462. The molecule has 0 radical (unpaired) electrons. The Hall–Kier alpha value is -2.00. The van der Waals surface area contributed by atoms with E-state index in [-0.39, 0.29) is 22.9 Å². The van der Waals surface area contributed by atoms with Crippen molar-refractivity contribution in [1.82, 2.24) is 4.90 Å². The van der Waals surface area contributed by atoms with Crippen LogP contribution in [0, 0.1) is 0 Å². The van der Waals surface area contributed by atoms with Crippen molar-refractivity contribution < 1.29 is 27.9 Å². The second kappa shape index (κ2) is 8.86. The van der Waals surface area contributed by atoms with Gasteiger partial charge in [-0.05, 0) is 64.7 Å². The normalized spacial score (nSPS) is 22.5. The Morgan fingerprint density at radius 1 is 1.16 bits per heavy atom. The summed E-state index contributed by atoms with van der Waals surface area (Å²) in [5, 5.41) is 8.56. The van der Waals surface area contributed by atoms with Gasteiger partial charge in [-0.25, -0.2) is 18.0 Å². The predicted molar refractivity (Wildman–Crippen MR) is 117 cm³/mol. The van der Waals surface area contributed by atoms with Gasteiger partial charge in [-0.15, -0.1) is 0 Å². The molecule has 31 heavy (non-hydrogen) atoms. The lowest BCUT2D eigenvalue weighted by Crippen LogP contribution is -2.43. The molecule has 10 heteroatoms. The van der Waals surface area contributed by atoms with Crippen molar-refractivity contribution in [3.63, 3.8) is 0 Å². The number of ether oxygens (including phenoxy) is 1. The fraction of sp³-hybridized carbons (Fsp3) is 0.619. The van der Waals surface area contributed by atoms with E-state index in [0.29, 0.717) is 0 Å². The molecule has 0 aromatic heterocycles. The summed E-state index contributed by atoms with van der Waals surface area (Å²) < 4.78 is 31.9. The predicted octanol–water partition coefficient (Wildman–Crippen LogP) is 3.57. The zero-order valence-electron chi connectivity index (χ0n) is 18.0. The highest BCUT2D eigenvalue weighted by Crippen LogP contribution is 2.35. The SMILES string of the molecule is CC(C)(C)OC(=O)N1C[C@H](S(=O)(=O)c2ccc(N3CCCCC3)cc2Cl)C[C@H]1C(=O)O. The first kappa shape index (κ1) is 23.7. The lowest BCUT2D eigenvalue weighted by atomic mass is 10.1. The second-order valence-electron chi connectivity index (χ2n) is 9.05. The Bertz CT molecular complexity index is 953. The summed E-state index contributed by atoms with van der Waals surface area (Å²) in [5.41, 5.74) is 0.0406. The molecule has 172 valence electrons. The molecule has 1 N–H and O–H groups in total. The fourth-order valence-electron chi connectivity index (χ4n) is 4.03. The molecule has 1 amide bonds. The molecule has 2 aliphatic heterocycles. The number of likely N-dealkylation sites (tertiary alicyclic amines) is 1. The molecule has 1 aromatic carbocycles. The van der Waals surface area contributed by atoms with Crippen molar-refractivity contribution in [3.05, 3.63) is 23.2 Å². The van der Waals surface area contributed by atoms with Crippen LogP contribution in [0.1, 0.15) is 46.5 Å². The van der Waals surface area contributed by atoms with Crippen LogP contribution in [0.15, 0.2) is 23.1 Å². The fourth-order valence-corrected chi connectivity index (χ4v) is 6.27. The van der Waals surface area contributed by atoms with Crippen LogP contribution in [-0.4, -0.2) is 67.0 Å². The van der Waals surface area contributed by atoms with Crippen molar-refractivity contribution in [1.29, 1.82) is 0 Å². The van der Waals surface area contributed by atoms with Crippen LogP contribution >= 0.6 is 11.6 Å². The molecule has 0 spiro atoms. The molecule has 2 aliphatic rings. The third kappa shape index (κ3) is 5.26. The summed E-state index contributed by atoms with van der Waals surface area (Å²) in [5.74, 6) is -1.27. The Balaban J connectivity index is 1.84. The van der Waals surface area contributed by atoms with Crippen LogP contribution in [0.4, 0.5) is 10.5 Å². The van der Waals surface area contributed by atoms with Crippen LogP contribution < -0.4 is 4.90 Å². The van der Waals surface area contributed by atoms with E-state index in [4.69, 9.17) is 16.3 Å². The number of halogens is 1. The first-order chi connectivity index (χ1) is 14.4. The van der Waals surface area contributed by atoms with Gasteiger partial charge in [0.2, 0.25) is 0 Å². The topological polar surface area (TPSA) is 104 Å². The van der Waals surface area contributed by atoms with Gasteiger partial charge in [0.05, 0.1) is 15.2 Å². The summed E-state index contributed by atoms with van der Waals surface area (Å²) in [6.45, 7) is 6.52. The molecule has 0 unspecified atom stereocenters. The highest BCUT2D eigenvalue weighted by Gasteiger charge is 2.47. The number of piperidine rings is 1. The average Bonchev–Trinajstić information content (AvgIpc) is 3.14. The van der Waals surface area contributed by atoms with Crippen molar-refractivity contribution in [2.75, 3.05) is 24.5 Å². The van der Waals surface area contributed by atoms with E-state index in [1.54, 1.807) is 32.9 Å². The molecule has 0 saturated carbocycles. The van der Waals surface area contributed by atoms with Gasteiger partial charge in [0, 0.05) is 25.3 Å². The zero-order chi connectivity index (χ0) is 23.0. The molecule has 2 heterocycles. The standard InChI is InChI=1S/C21H29ClN2O6S/c1-21(2,3)30-20(27)24-13-15(12-17(24)19(25)26)31(28,29)18-8-7-14(11-16(18)22)23-9-5-4-6-10-23/h7-8,11,15,17H,4-6,9-10,12-13H2,1-3H3,(H,25,26)/t15-,17+/m1/s1. The molecule has 8 nitrogen and oxygen atoms in total. The quantitative estimate of drug-likeness (QED) is 0.714. The summed E-state index contributed by atoms with van der Waals surface area (Å²) in [6.07, 6.45) is 2.27. The Kier molecular flexibility index (Phi) is 6.76. The van der Waals surface area contributed by atoms with Gasteiger partial charge >= 0.3 is 12.1 Å². The first-order valence-corrected chi connectivity index (χ1v) is 12.3. The minimum atomic E-state index is -3.96. The number of rotatable bonds is 4. The number of hydrogen-bond acceptors (Lipinski definition) is 6. The van der Waals surface area contributed by atoms with Gasteiger partial charge in [-0.2, -0.15) is 0 Å². The summed E-state index contributed by atoms with van der Waals surface area (Å²) >= 11 is 6.37. The van der Waals surface area contributed by atoms with E-state index >= 15 is 0 Å². The van der Waals surface area contributed by atoms with Crippen molar-refractivity contribution >= 4 is 39.2 Å². The maximum Gasteiger partial charge on any atom is 0.411 e. The first-order valence-electron chi connectivity index (χ1n) is 10.4. The second-order valence-corrected chi connectivity index (χ2v) is 11.7. The number of carbonyl (C=O) groups is 2. The number of hydrogen-bond donors (Lipinski definition) is 1. The summed E-state index contributed by atoms with van der Waals surface area (Å²) in [7, 11) is -3.96.